The summed E-state index contributed by atoms with van der Waals surface area (Å²) in [6, 6.07) is 7.87. The van der Waals surface area contributed by atoms with Crippen LogP contribution < -0.4 is 15.4 Å². The molecular formula is C14H22N2O2. The highest BCUT2D eigenvalue weighted by Gasteiger charge is 2.06. The van der Waals surface area contributed by atoms with Crippen molar-refractivity contribution in [2.24, 2.45) is 0 Å². The number of rotatable bonds is 7. The molecule has 2 N–H and O–H groups in total. The molecule has 0 saturated carbocycles. The van der Waals surface area contributed by atoms with Gasteiger partial charge in [0.25, 0.3) is 0 Å². The Morgan fingerprint density at radius 1 is 1.44 bits per heavy atom. The first-order valence-corrected chi connectivity index (χ1v) is 6.28. The van der Waals surface area contributed by atoms with Crippen molar-refractivity contribution in [1.29, 1.82) is 0 Å². The van der Waals surface area contributed by atoms with Crippen molar-refractivity contribution in [2.75, 3.05) is 20.2 Å². The van der Waals surface area contributed by atoms with Crippen LogP contribution in [0.2, 0.25) is 0 Å². The fourth-order valence-electron chi connectivity index (χ4n) is 1.72. The first-order valence-electron chi connectivity index (χ1n) is 6.28. The van der Waals surface area contributed by atoms with E-state index in [1.54, 1.807) is 7.11 Å². The Labute approximate surface area is 109 Å². The molecule has 0 spiro atoms. The number of methoxy groups -OCH3 is 1. The molecular weight excluding hydrogens is 228 g/mol. The second-order valence-electron chi connectivity index (χ2n) is 4.29. The Kier molecular flexibility index (Phi) is 6.22. The van der Waals surface area contributed by atoms with E-state index < -0.39 is 0 Å². The lowest BCUT2D eigenvalue weighted by Gasteiger charge is -2.13. The molecule has 100 valence electrons. The van der Waals surface area contributed by atoms with E-state index in [4.69, 9.17) is 4.74 Å². The second-order valence-corrected chi connectivity index (χ2v) is 4.29. The predicted molar refractivity (Wildman–Crippen MR) is 72.8 cm³/mol. The molecule has 0 bridgehead atoms. The molecule has 4 nitrogen and oxygen atoms in total. The van der Waals surface area contributed by atoms with Gasteiger partial charge >= 0.3 is 0 Å². The smallest absolute Gasteiger partial charge is 0.224 e. The Morgan fingerprint density at radius 2 is 2.22 bits per heavy atom. The van der Waals surface area contributed by atoms with Crippen LogP contribution in [0.15, 0.2) is 24.3 Å². The molecule has 1 atom stereocenters. The highest BCUT2D eigenvalue weighted by atomic mass is 16.5. The van der Waals surface area contributed by atoms with Crippen molar-refractivity contribution in [2.45, 2.75) is 26.3 Å². The number of amides is 1. The summed E-state index contributed by atoms with van der Waals surface area (Å²) in [5.41, 5.74) is 0.961. The molecule has 1 rings (SSSR count). The number of nitrogens with one attached hydrogen (secondary N) is 2. The number of hydrogen-bond donors (Lipinski definition) is 2. The van der Waals surface area contributed by atoms with Gasteiger partial charge in [0.2, 0.25) is 5.91 Å². The van der Waals surface area contributed by atoms with Crippen molar-refractivity contribution in [3.8, 4) is 5.75 Å². The summed E-state index contributed by atoms with van der Waals surface area (Å²) in [5.74, 6) is 0.814. The minimum absolute atomic E-state index is 0.0352. The zero-order chi connectivity index (χ0) is 13.4. The predicted octanol–water partition coefficient (Wildman–Crippen LogP) is 1.35. The maximum atomic E-state index is 11.7. The third-order valence-corrected chi connectivity index (χ3v) is 2.66. The maximum Gasteiger partial charge on any atom is 0.224 e. The highest BCUT2D eigenvalue weighted by Crippen LogP contribution is 2.12. The Morgan fingerprint density at radius 3 is 2.89 bits per heavy atom. The third kappa shape index (κ3) is 5.19. The molecule has 0 radical (unpaired) electrons. The first-order chi connectivity index (χ1) is 8.65. The van der Waals surface area contributed by atoms with Crippen LogP contribution in [0.25, 0.3) is 0 Å². The molecule has 4 heteroatoms. The van der Waals surface area contributed by atoms with E-state index >= 15 is 0 Å². The molecule has 0 heterocycles. The lowest BCUT2D eigenvalue weighted by Crippen LogP contribution is -2.39. The van der Waals surface area contributed by atoms with Crippen molar-refractivity contribution in [1.82, 2.24) is 10.6 Å². The largest absolute Gasteiger partial charge is 0.497 e. The minimum Gasteiger partial charge on any atom is -0.497 e. The van der Waals surface area contributed by atoms with E-state index in [0.717, 1.165) is 17.9 Å². The average molecular weight is 250 g/mol. The van der Waals surface area contributed by atoms with Gasteiger partial charge in [0.1, 0.15) is 5.75 Å². The number of likely N-dealkylation sites (N-methyl/N-ethyl adjacent to an activating group) is 1. The molecule has 0 unspecified atom stereocenters. The van der Waals surface area contributed by atoms with Crippen LogP contribution >= 0.6 is 0 Å². The van der Waals surface area contributed by atoms with Crippen LogP contribution in [0.5, 0.6) is 5.75 Å². The number of benzene rings is 1. The second kappa shape index (κ2) is 7.71. The summed E-state index contributed by atoms with van der Waals surface area (Å²) in [7, 11) is 1.62. The molecule has 0 aliphatic heterocycles. The van der Waals surface area contributed by atoms with E-state index in [9.17, 15) is 4.79 Å². The maximum absolute atomic E-state index is 11.7. The van der Waals surface area contributed by atoms with E-state index in [1.807, 2.05) is 24.3 Å². The topological polar surface area (TPSA) is 50.4 Å². The number of carbonyl (C=O) groups excluding carboxylic acids is 1. The van der Waals surface area contributed by atoms with Crippen LogP contribution in [0.1, 0.15) is 19.4 Å². The van der Waals surface area contributed by atoms with Gasteiger partial charge in [0.15, 0.2) is 0 Å². The molecule has 18 heavy (non-hydrogen) atoms. The summed E-state index contributed by atoms with van der Waals surface area (Å²) in [4.78, 5) is 11.7. The number of ether oxygens (including phenoxy) is 1. The summed E-state index contributed by atoms with van der Waals surface area (Å²) in [6.07, 6.45) is 0.385. The van der Waals surface area contributed by atoms with Gasteiger partial charge in [-0.3, -0.25) is 4.79 Å². The van der Waals surface area contributed by atoms with Crippen LogP contribution in [0, 0.1) is 0 Å². The normalized spacial score (nSPS) is 11.9. The average Bonchev–Trinajstić information content (AvgIpc) is 2.37. The SMILES string of the molecule is CCN[C@H](C)CNC(=O)Cc1cccc(OC)c1. The monoisotopic (exact) mass is 250 g/mol. The Bertz CT molecular complexity index is 380. The van der Waals surface area contributed by atoms with Gasteiger partial charge in [0.05, 0.1) is 13.5 Å². The summed E-state index contributed by atoms with van der Waals surface area (Å²) in [6.45, 7) is 5.66. The van der Waals surface area contributed by atoms with Gasteiger partial charge < -0.3 is 15.4 Å². The highest BCUT2D eigenvalue weighted by molar-refractivity contribution is 5.78. The van der Waals surface area contributed by atoms with Crippen LogP contribution in [-0.2, 0) is 11.2 Å². The fraction of sp³-hybridized carbons (Fsp3) is 0.500. The lowest BCUT2D eigenvalue weighted by atomic mass is 10.1. The number of carbonyl (C=O) groups is 1. The van der Waals surface area contributed by atoms with Crippen LogP contribution in [-0.4, -0.2) is 32.1 Å². The van der Waals surface area contributed by atoms with Gasteiger partial charge in [-0.05, 0) is 31.2 Å². The van der Waals surface area contributed by atoms with E-state index in [0.29, 0.717) is 19.0 Å². The molecule has 1 amide bonds. The van der Waals surface area contributed by atoms with Gasteiger partial charge in [-0.1, -0.05) is 19.1 Å². The van der Waals surface area contributed by atoms with Crippen LogP contribution in [0.4, 0.5) is 0 Å². The third-order valence-electron chi connectivity index (χ3n) is 2.66. The first kappa shape index (κ1) is 14.5. The van der Waals surface area contributed by atoms with E-state index in [2.05, 4.69) is 24.5 Å². The molecule has 0 aliphatic carbocycles. The van der Waals surface area contributed by atoms with Crippen molar-refractivity contribution in [3.05, 3.63) is 29.8 Å². The van der Waals surface area contributed by atoms with Gasteiger partial charge in [-0.25, -0.2) is 0 Å². The van der Waals surface area contributed by atoms with E-state index in [1.165, 1.54) is 0 Å². The Balaban J connectivity index is 2.39. The molecule has 1 aromatic carbocycles. The molecule has 0 saturated heterocycles. The van der Waals surface area contributed by atoms with Crippen molar-refractivity contribution in [3.63, 3.8) is 0 Å². The molecule has 0 aliphatic rings. The zero-order valence-electron chi connectivity index (χ0n) is 11.3. The summed E-state index contributed by atoms with van der Waals surface area (Å²) < 4.78 is 5.12. The fourth-order valence-corrected chi connectivity index (χ4v) is 1.72. The van der Waals surface area contributed by atoms with Crippen molar-refractivity contribution >= 4 is 5.91 Å². The lowest BCUT2D eigenvalue weighted by molar-refractivity contribution is -0.120. The van der Waals surface area contributed by atoms with Crippen LogP contribution in [0.3, 0.4) is 0 Å². The van der Waals surface area contributed by atoms with Gasteiger partial charge in [-0.2, -0.15) is 0 Å². The molecule has 0 aromatic heterocycles. The van der Waals surface area contributed by atoms with E-state index in [-0.39, 0.29) is 5.91 Å². The standard InChI is InChI=1S/C14H22N2O2/c1-4-15-11(2)10-16-14(17)9-12-6-5-7-13(8-12)18-3/h5-8,11,15H,4,9-10H2,1-3H3,(H,16,17)/t11-/m1/s1. The zero-order valence-corrected chi connectivity index (χ0v) is 11.3. The van der Waals surface area contributed by atoms with Gasteiger partial charge in [-0.15, -0.1) is 0 Å². The molecule has 1 aromatic rings. The molecule has 0 fully saturated rings. The quantitative estimate of drug-likeness (QED) is 0.768. The van der Waals surface area contributed by atoms with Gasteiger partial charge in [0, 0.05) is 12.6 Å². The summed E-state index contributed by atoms with van der Waals surface area (Å²) in [5, 5.41) is 6.16. The van der Waals surface area contributed by atoms with Crippen molar-refractivity contribution < 1.29 is 9.53 Å². The minimum atomic E-state index is 0.0352. The Hall–Kier alpha value is -1.55. The summed E-state index contributed by atoms with van der Waals surface area (Å²) >= 11 is 0. The number of hydrogen-bond acceptors (Lipinski definition) is 3.